The first-order valence-corrected chi connectivity index (χ1v) is 9.97. The topological polar surface area (TPSA) is 115 Å². The van der Waals surface area contributed by atoms with E-state index in [0.717, 1.165) is 18.4 Å². The number of phenolic OH excluding ortho intramolecular Hbond substituents is 1. The number of aromatic hydroxyl groups is 1. The molecule has 1 aliphatic heterocycles. The molecular formula is C18H18N4O4S. The van der Waals surface area contributed by atoms with Gasteiger partial charge in [-0.05, 0) is 49.2 Å². The Balaban J connectivity index is 1.62. The molecule has 0 radical (unpaired) electrons. The van der Waals surface area contributed by atoms with E-state index in [4.69, 9.17) is 0 Å². The number of aromatic amines is 1. The van der Waals surface area contributed by atoms with Crippen molar-refractivity contribution in [1.29, 1.82) is 0 Å². The molecule has 8 nitrogen and oxygen atoms in total. The molecule has 2 heterocycles. The molecule has 3 aromatic rings. The molecule has 2 aromatic carbocycles. The molecule has 0 spiro atoms. The summed E-state index contributed by atoms with van der Waals surface area (Å²) in [6.45, 7) is 0.962. The lowest BCUT2D eigenvalue weighted by Crippen LogP contribution is -2.28. The Hall–Kier alpha value is -2.91. The number of benzene rings is 2. The molecule has 0 unspecified atom stereocenters. The molecule has 1 aliphatic rings. The number of hydrogen-bond donors (Lipinski definition) is 3. The van der Waals surface area contributed by atoms with Crippen LogP contribution in [0.25, 0.3) is 11.0 Å². The average Bonchev–Trinajstić information content (AvgIpc) is 3.34. The van der Waals surface area contributed by atoms with Crippen molar-refractivity contribution < 1.29 is 18.3 Å². The van der Waals surface area contributed by atoms with Crippen LogP contribution in [-0.4, -0.2) is 46.8 Å². The number of aromatic nitrogens is 2. The third kappa shape index (κ3) is 3.26. The molecule has 9 heteroatoms. The number of sulfonamides is 1. The van der Waals surface area contributed by atoms with E-state index < -0.39 is 15.9 Å². The molecule has 140 valence electrons. The zero-order chi connectivity index (χ0) is 19.0. The Kier molecular flexibility index (Phi) is 4.33. The first-order chi connectivity index (χ1) is 12.9. The van der Waals surface area contributed by atoms with Gasteiger partial charge in [0.2, 0.25) is 10.0 Å². The fourth-order valence-electron chi connectivity index (χ4n) is 3.12. The number of fused-ring (bicyclic) bond motifs is 1. The van der Waals surface area contributed by atoms with Gasteiger partial charge in [0, 0.05) is 18.7 Å². The highest BCUT2D eigenvalue weighted by Gasteiger charge is 2.28. The predicted molar refractivity (Wildman–Crippen MR) is 100 cm³/mol. The van der Waals surface area contributed by atoms with Crippen molar-refractivity contribution in [1.82, 2.24) is 14.3 Å². The molecule has 0 aliphatic carbocycles. The highest BCUT2D eigenvalue weighted by molar-refractivity contribution is 7.89. The maximum absolute atomic E-state index is 12.7. The van der Waals surface area contributed by atoms with Crippen LogP contribution in [-0.2, 0) is 10.0 Å². The molecule has 0 bridgehead atoms. The third-order valence-electron chi connectivity index (χ3n) is 4.60. The van der Waals surface area contributed by atoms with E-state index >= 15 is 0 Å². The number of nitrogens with one attached hydrogen (secondary N) is 2. The molecule has 1 fully saturated rings. The smallest absolute Gasteiger partial charge is 0.255 e. The molecule has 1 saturated heterocycles. The zero-order valence-electron chi connectivity index (χ0n) is 14.3. The van der Waals surface area contributed by atoms with Crippen LogP contribution in [0.3, 0.4) is 0 Å². The van der Waals surface area contributed by atoms with Gasteiger partial charge in [-0.1, -0.05) is 0 Å². The van der Waals surface area contributed by atoms with Crippen molar-refractivity contribution in [3.63, 3.8) is 0 Å². The van der Waals surface area contributed by atoms with Crippen molar-refractivity contribution >= 4 is 32.7 Å². The van der Waals surface area contributed by atoms with E-state index in [1.165, 1.54) is 28.8 Å². The zero-order valence-corrected chi connectivity index (χ0v) is 15.2. The number of H-pyrrole nitrogens is 1. The third-order valence-corrected chi connectivity index (χ3v) is 6.50. The van der Waals surface area contributed by atoms with E-state index in [-0.39, 0.29) is 16.3 Å². The fraction of sp³-hybridized carbons (Fsp3) is 0.222. The second-order valence-corrected chi connectivity index (χ2v) is 8.32. The van der Waals surface area contributed by atoms with Crippen LogP contribution in [0.1, 0.15) is 23.2 Å². The van der Waals surface area contributed by atoms with Crippen molar-refractivity contribution in [2.24, 2.45) is 0 Å². The maximum atomic E-state index is 12.7. The van der Waals surface area contributed by atoms with Gasteiger partial charge in [0.25, 0.3) is 5.91 Å². The first-order valence-electron chi connectivity index (χ1n) is 8.53. The SMILES string of the molecule is O=C(Nc1cc(S(=O)(=O)N2CCCC2)ccc1O)c1ccc2nc[nH]c2c1. The van der Waals surface area contributed by atoms with Gasteiger partial charge in [0.1, 0.15) is 5.75 Å². The van der Waals surface area contributed by atoms with E-state index in [1.54, 1.807) is 18.2 Å². The van der Waals surface area contributed by atoms with Crippen LogP contribution in [0.4, 0.5) is 5.69 Å². The van der Waals surface area contributed by atoms with E-state index in [1.807, 2.05) is 0 Å². The van der Waals surface area contributed by atoms with Crippen molar-refractivity contribution in [3.8, 4) is 5.75 Å². The largest absolute Gasteiger partial charge is 0.506 e. The van der Waals surface area contributed by atoms with Crippen molar-refractivity contribution in [2.75, 3.05) is 18.4 Å². The number of carbonyl (C=O) groups is 1. The number of amides is 1. The van der Waals surface area contributed by atoms with Gasteiger partial charge in [-0.25, -0.2) is 13.4 Å². The Morgan fingerprint density at radius 3 is 2.70 bits per heavy atom. The summed E-state index contributed by atoms with van der Waals surface area (Å²) in [6, 6.07) is 8.86. The minimum absolute atomic E-state index is 0.0431. The fourth-order valence-corrected chi connectivity index (χ4v) is 4.67. The van der Waals surface area contributed by atoms with Gasteiger partial charge in [-0.2, -0.15) is 4.31 Å². The van der Waals surface area contributed by atoms with Crippen LogP contribution >= 0.6 is 0 Å². The number of phenols is 1. The Morgan fingerprint density at radius 2 is 1.93 bits per heavy atom. The second kappa shape index (κ2) is 6.67. The van der Waals surface area contributed by atoms with Gasteiger partial charge in [-0.3, -0.25) is 4.79 Å². The summed E-state index contributed by atoms with van der Waals surface area (Å²) in [6.07, 6.45) is 3.19. The minimum Gasteiger partial charge on any atom is -0.506 e. The molecule has 0 saturated carbocycles. The number of anilines is 1. The van der Waals surface area contributed by atoms with Crippen LogP contribution in [0.15, 0.2) is 47.6 Å². The summed E-state index contributed by atoms with van der Waals surface area (Å²) in [5.74, 6) is -0.663. The van der Waals surface area contributed by atoms with Crippen LogP contribution in [0.5, 0.6) is 5.75 Å². The number of hydrogen-bond acceptors (Lipinski definition) is 5. The van der Waals surface area contributed by atoms with Gasteiger partial charge >= 0.3 is 0 Å². The first kappa shape index (κ1) is 17.5. The number of imidazole rings is 1. The average molecular weight is 386 g/mol. The quantitative estimate of drug-likeness (QED) is 0.595. The Labute approximate surface area is 155 Å². The molecular weight excluding hydrogens is 368 g/mol. The maximum Gasteiger partial charge on any atom is 0.255 e. The van der Waals surface area contributed by atoms with E-state index in [2.05, 4.69) is 15.3 Å². The van der Waals surface area contributed by atoms with Gasteiger partial charge in [-0.15, -0.1) is 0 Å². The molecule has 1 amide bonds. The van der Waals surface area contributed by atoms with Crippen molar-refractivity contribution in [2.45, 2.75) is 17.7 Å². The summed E-state index contributed by atoms with van der Waals surface area (Å²) < 4.78 is 26.8. The minimum atomic E-state index is -3.64. The lowest BCUT2D eigenvalue weighted by Gasteiger charge is -2.16. The lowest BCUT2D eigenvalue weighted by molar-refractivity contribution is 0.102. The van der Waals surface area contributed by atoms with Crippen LogP contribution in [0.2, 0.25) is 0 Å². The summed E-state index contributed by atoms with van der Waals surface area (Å²) in [5.41, 5.74) is 1.84. The predicted octanol–water partition coefficient (Wildman–Crippen LogP) is 2.31. The summed E-state index contributed by atoms with van der Waals surface area (Å²) in [5, 5.41) is 12.6. The highest BCUT2D eigenvalue weighted by Crippen LogP contribution is 2.29. The van der Waals surface area contributed by atoms with Gasteiger partial charge < -0.3 is 15.4 Å². The van der Waals surface area contributed by atoms with E-state index in [0.29, 0.717) is 24.2 Å². The van der Waals surface area contributed by atoms with E-state index in [9.17, 15) is 18.3 Å². The van der Waals surface area contributed by atoms with Crippen LogP contribution < -0.4 is 5.32 Å². The number of rotatable bonds is 4. The van der Waals surface area contributed by atoms with Gasteiger partial charge in [0.15, 0.2) is 0 Å². The summed E-state index contributed by atoms with van der Waals surface area (Å²) >= 11 is 0. The second-order valence-electron chi connectivity index (χ2n) is 6.38. The Morgan fingerprint density at radius 1 is 1.15 bits per heavy atom. The summed E-state index contributed by atoms with van der Waals surface area (Å²) in [7, 11) is -3.64. The summed E-state index contributed by atoms with van der Waals surface area (Å²) in [4.78, 5) is 19.6. The monoisotopic (exact) mass is 386 g/mol. The van der Waals surface area contributed by atoms with Crippen molar-refractivity contribution in [3.05, 3.63) is 48.3 Å². The number of carbonyl (C=O) groups excluding carboxylic acids is 1. The molecule has 27 heavy (non-hydrogen) atoms. The molecule has 4 rings (SSSR count). The molecule has 1 aromatic heterocycles. The normalized spacial score (nSPS) is 15.3. The highest BCUT2D eigenvalue weighted by atomic mass is 32.2. The molecule has 3 N–H and O–H groups in total. The standard InChI is InChI=1S/C18H18N4O4S/c23-17-6-4-13(27(25,26)22-7-1-2-8-22)10-16(17)21-18(24)12-3-5-14-15(9-12)20-11-19-14/h3-6,9-11,23H,1-2,7-8H2,(H,19,20)(H,21,24). The van der Waals surface area contributed by atoms with Crippen LogP contribution in [0, 0.1) is 0 Å². The Bertz CT molecular complexity index is 1120. The number of nitrogens with zero attached hydrogens (tertiary/aromatic N) is 2. The molecule has 0 atom stereocenters. The van der Waals surface area contributed by atoms with Gasteiger partial charge in [0.05, 0.1) is 27.9 Å². The lowest BCUT2D eigenvalue weighted by atomic mass is 10.2.